The molecule has 132 valence electrons. The van der Waals surface area contributed by atoms with E-state index in [1.54, 1.807) is 4.90 Å². The highest BCUT2D eigenvalue weighted by Gasteiger charge is 2.55. The second kappa shape index (κ2) is 5.45. The molecule has 5 nitrogen and oxygen atoms in total. The summed E-state index contributed by atoms with van der Waals surface area (Å²) in [5.74, 6) is 0. The fourth-order valence-corrected chi connectivity index (χ4v) is 4.14. The van der Waals surface area contributed by atoms with Gasteiger partial charge < -0.3 is 5.32 Å². The number of benzene rings is 3. The number of carbonyl (C=O) groups excluding carboxylic acids is 2. The molecule has 1 aliphatic heterocycles. The number of hydrogen-bond donors (Lipinski definition) is 1. The average Bonchev–Trinajstić information content (AvgIpc) is 2.98. The maximum absolute atomic E-state index is 13.3. The first-order valence-electron chi connectivity index (χ1n) is 8.79. The van der Waals surface area contributed by atoms with Gasteiger partial charge >= 0.3 is 12.1 Å². The van der Waals surface area contributed by atoms with Crippen molar-refractivity contribution in [2.45, 2.75) is 5.66 Å². The van der Waals surface area contributed by atoms with Gasteiger partial charge in [-0.1, -0.05) is 66.7 Å². The molecule has 27 heavy (non-hydrogen) atoms. The maximum atomic E-state index is 13.3. The zero-order valence-electron chi connectivity index (χ0n) is 14.7. The Bertz CT molecular complexity index is 1030. The van der Waals surface area contributed by atoms with Crippen molar-refractivity contribution in [1.29, 1.82) is 0 Å². The van der Waals surface area contributed by atoms with E-state index in [1.165, 1.54) is 7.05 Å². The molecule has 1 aliphatic carbocycles. The molecule has 4 amide bonds. The van der Waals surface area contributed by atoms with E-state index >= 15 is 0 Å². The first kappa shape index (κ1) is 15.6. The van der Waals surface area contributed by atoms with Crippen molar-refractivity contribution < 1.29 is 9.59 Å². The van der Waals surface area contributed by atoms with Gasteiger partial charge in [-0.25, -0.2) is 14.5 Å². The zero-order chi connectivity index (χ0) is 18.6. The van der Waals surface area contributed by atoms with E-state index in [-0.39, 0.29) is 6.03 Å². The number of fused-ring (bicyclic) bond motifs is 5. The topological polar surface area (TPSA) is 52.7 Å². The second-order valence-electron chi connectivity index (χ2n) is 6.74. The lowest BCUT2D eigenvalue weighted by molar-refractivity contribution is 0.172. The van der Waals surface area contributed by atoms with Gasteiger partial charge in [0.15, 0.2) is 5.66 Å². The molecular formula is C22H17N3O2. The molecule has 1 spiro atoms. The van der Waals surface area contributed by atoms with Gasteiger partial charge in [-0.3, -0.25) is 4.90 Å². The van der Waals surface area contributed by atoms with Crippen LogP contribution in [0.1, 0.15) is 11.1 Å². The van der Waals surface area contributed by atoms with Crippen LogP contribution in [0.4, 0.5) is 15.3 Å². The molecule has 0 bridgehead atoms. The van der Waals surface area contributed by atoms with Crippen LogP contribution in [0.3, 0.4) is 0 Å². The summed E-state index contributed by atoms with van der Waals surface area (Å²) in [5.41, 5.74) is 3.48. The summed E-state index contributed by atoms with van der Waals surface area (Å²) in [4.78, 5) is 28.8. The molecule has 5 rings (SSSR count). The second-order valence-corrected chi connectivity index (χ2v) is 6.74. The van der Waals surface area contributed by atoms with E-state index in [2.05, 4.69) is 5.32 Å². The van der Waals surface area contributed by atoms with E-state index in [4.69, 9.17) is 0 Å². The van der Waals surface area contributed by atoms with Gasteiger partial charge in [-0.2, -0.15) is 0 Å². The Balaban J connectivity index is 1.88. The fourth-order valence-electron chi connectivity index (χ4n) is 4.14. The van der Waals surface area contributed by atoms with Crippen LogP contribution >= 0.6 is 0 Å². The number of nitrogens with one attached hydrogen (secondary N) is 1. The number of carbonyl (C=O) groups is 2. The van der Waals surface area contributed by atoms with E-state index in [9.17, 15) is 9.59 Å². The van der Waals surface area contributed by atoms with Crippen LogP contribution in [-0.2, 0) is 5.66 Å². The standard InChI is InChI=1S/C22H17N3O2/c1-24-20(26)23-22(25(21(24)27)15-9-3-2-4-10-15)18-13-7-5-11-16(18)17-12-6-8-14-19(17)22/h2-14H,1H3,(H,23,26). The molecule has 1 heterocycles. The van der Waals surface area contributed by atoms with E-state index in [1.807, 2.05) is 78.9 Å². The summed E-state index contributed by atoms with van der Waals surface area (Å²) in [6.07, 6.45) is 0. The lowest BCUT2D eigenvalue weighted by Crippen LogP contribution is -2.70. The van der Waals surface area contributed by atoms with Crippen LogP contribution in [0.25, 0.3) is 11.1 Å². The highest BCUT2D eigenvalue weighted by Crippen LogP contribution is 2.51. The molecular weight excluding hydrogens is 338 g/mol. The minimum Gasteiger partial charge on any atom is -0.306 e. The third kappa shape index (κ3) is 1.94. The Kier molecular flexibility index (Phi) is 3.15. The van der Waals surface area contributed by atoms with Crippen molar-refractivity contribution in [2.24, 2.45) is 0 Å². The molecule has 0 saturated carbocycles. The fraction of sp³-hybridized carbons (Fsp3) is 0.0909. The Labute approximate surface area is 156 Å². The van der Waals surface area contributed by atoms with Crippen LogP contribution in [0.15, 0.2) is 78.9 Å². The van der Waals surface area contributed by atoms with Crippen LogP contribution in [0, 0.1) is 0 Å². The van der Waals surface area contributed by atoms with Crippen molar-refractivity contribution >= 4 is 17.7 Å². The number of urea groups is 2. The van der Waals surface area contributed by atoms with Gasteiger partial charge in [0, 0.05) is 23.9 Å². The number of para-hydroxylation sites is 1. The van der Waals surface area contributed by atoms with Crippen LogP contribution in [0.2, 0.25) is 0 Å². The zero-order valence-corrected chi connectivity index (χ0v) is 14.7. The normalized spacial score (nSPS) is 16.9. The number of rotatable bonds is 1. The Morgan fingerprint density at radius 2 is 1.26 bits per heavy atom. The molecule has 1 saturated heterocycles. The van der Waals surface area contributed by atoms with Gasteiger partial charge in [0.1, 0.15) is 0 Å². The van der Waals surface area contributed by atoms with Crippen molar-refractivity contribution in [3.63, 3.8) is 0 Å². The predicted molar refractivity (Wildman–Crippen MR) is 103 cm³/mol. The van der Waals surface area contributed by atoms with Crippen LogP contribution in [-0.4, -0.2) is 24.0 Å². The quantitative estimate of drug-likeness (QED) is 0.713. The number of anilines is 1. The first-order chi connectivity index (χ1) is 13.1. The molecule has 0 atom stereocenters. The molecule has 0 unspecified atom stereocenters. The van der Waals surface area contributed by atoms with Crippen LogP contribution < -0.4 is 10.2 Å². The number of nitrogens with zero attached hydrogens (tertiary/aromatic N) is 2. The summed E-state index contributed by atoms with van der Waals surface area (Å²) < 4.78 is 0. The molecule has 1 N–H and O–H groups in total. The van der Waals surface area contributed by atoms with Crippen molar-refractivity contribution in [3.8, 4) is 11.1 Å². The van der Waals surface area contributed by atoms with E-state index < -0.39 is 11.7 Å². The monoisotopic (exact) mass is 355 g/mol. The van der Waals surface area contributed by atoms with Gasteiger partial charge in [0.25, 0.3) is 0 Å². The number of amides is 4. The molecule has 0 aromatic heterocycles. The molecule has 0 radical (unpaired) electrons. The molecule has 3 aromatic rings. The third-order valence-corrected chi connectivity index (χ3v) is 5.34. The third-order valence-electron chi connectivity index (χ3n) is 5.34. The summed E-state index contributed by atoms with van der Waals surface area (Å²) in [7, 11) is 1.49. The van der Waals surface area contributed by atoms with Gasteiger partial charge in [-0.15, -0.1) is 0 Å². The Morgan fingerprint density at radius 1 is 0.741 bits per heavy atom. The minimum absolute atomic E-state index is 0.364. The van der Waals surface area contributed by atoms with Crippen LogP contribution in [0.5, 0.6) is 0 Å². The lowest BCUT2D eigenvalue weighted by Gasteiger charge is -2.48. The van der Waals surface area contributed by atoms with Crippen molar-refractivity contribution in [2.75, 3.05) is 11.9 Å². The van der Waals surface area contributed by atoms with Gasteiger partial charge in [-0.05, 0) is 23.3 Å². The number of hydrogen-bond acceptors (Lipinski definition) is 2. The van der Waals surface area contributed by atoms with Gasteiger partial charge in [0.2, 0.25) is 0 Å². The maximum Gasteiger partial charge on any atom is 0.334 e. The highest BCUT2D eigenvalue weighted by molar-refractivity contribution is 6.08. The first-order valence-corrected chi connectivity index (χ1v) is 8.79. The van der Waals surface area contributed by atoms with Crippen molar-refractivity contribution in [1.82, 2.24) is 10.2 Å². The summed E-state index contributed by atoms with van der Waals surface area (Å²) in [6, 6.07) is 24.5. The largest absolute Gasteiger partial charge is 0.334 e. The minimum atomic E-state index is -1.07. The molecule has 2 aliphatic rings. The summed E-state index contributed by atoms with van der Waals surface area (Å²) >= 11 is 0. The van der Waals surface area contributed by atoms with Gasteiger partial charge in [0.05, 0.1) is 0 Å². The lowest BCUT2D eigenvalue weighted by atomic mass is 9.93. The predicted octanol–water partition coefficient (Wildman–Crippen LogP) is 4.15. The Hall–Kier alpha value is -3.60. The number of imide groups is 1. The highest BCUT2D eigenvalue weighted by atomic mass is 16.2. The SMILES string of the molecule is CN1C(=O)NC2(c3ccccc3-c3ccccc32)N(c2ccccc2)C1=O. The molecule has 3 aromatic carbocycles. The smallest absolute Gasteiger partial charge is 0.306 e. The van der Waals surface area contributed by atoms with Crippen molar-refractivity contribution in [3.05, 3.63) is 90.0 Å². The Morgan fingerprint density at radius 3 is 1.85 bits per heavy atom. The average molecular weight is 355 g/mol. The summed E-state index contributed by atoms with van der Waals surface area (Å²) in [5, 5.41) is 3.12. The molecule has 5 heteroatoms. The van der Waals surface area contributed by atoms with E-state index in [0.717, 1.165) is 32.8 Å². The summed E-state index contributed by atoms with van der Waals surface area (Å²) in [6.45, 7) is 0. The molecule has 1 fully saturated rings. The van der Waals surface area contributed by atoms with E-state index in [0.29, 0.717) is 0 Å².